The van der Waals surface area contributed by atoms with Crippen molar-refractivity contribution < 1.29 is 9.90 Å². The number of carbonyl (C=O) groups is 1. The van der Waals surface area contributed by atoms with Crippen LogP contribution in [0, 0.1) is 0 Å². The van der Waals surface area contributed by atoms with Crippen LogP contribution in [0.25, 0.3) is 0 Å². The highest BCUT2D eigenvalue weighted by Crippen LogP contribution is 2.19. The molecule has 0 aliphatic heterocycles. The van der Waals surface area contributed by atoms with E-state index in [4.69, 9.17) is 5.11 Å². The van der Waals surface area contributed by atoms with E-state index < -0.39 is 0 Å². The predicted octanol–water partition coefficient (Wildman–Crippen LogP) is 1.80. The maximum Gasteiger partial charge on any atom is 0.219 e. The third kappa shape index (κ3) is 4.68. The molecular formula is C12H17NO2S. The second-order valence-electron chi connectivity index (χ2n) is 3.43. The molecule has 1 aromatic carbocycles. The topological polar surface area (TPSA) is 49.3 Å². The number of carbonyl (C=O) groups excluding carboxylic acids is 1. The highest BCUT2D eigenvalue weighted by molar-refractivity contribution is 7.99. The standard InChI is InChI=1S/C12H17NO2S/c1-13-12(15)3-2-8-16-11-6-4-10(9-14)5-7-11/h4-7,14H,2-3,8-9H2,1H3,(H,13,15). The molecule has 4 heteroatoms. The summed E-state index contributed by atoms with van der Waals surface area (Å²) < 4.78 is 0. The summed E-state index contributed by atoms with van der Waals surface area (Å²) in [6.45, 7) is 0.0849. The maximum absolute atomic E-state index is 11.0. The zero-order valence-corrected chi connectivity index (χ0v) is 10.2. The summed E-state index contributed by atoms with van der Waals surface area (Å²) in [6.07, 6.45) is 1.46. The van der Waals surface area contributed by atoms with Crippen LogP contribution in [-0.4, -0.2) is 23.8 Å². The number of thioether (sulfide) groups is 1. The van der Waals surface area contributed by atoms with Crippen molar-refractivity contribution in [2.75, 3.05) is 12.8 Å². The largest absolute Gasteiger partial charge is 0.392 e. The minimum Gasteiger partial charge on any atom is -0.392 e. The van der Waals surface area contributed by atoms with Gasteiger partial charge in [0.1, 0.15) is 0 Å². The van der Waals surface area contributed by atoms with Gasteiger partial charge in [-0.05, 0) is 29.9 Å². The Bertz CT molecular complexity index is 324. The van der Waals surface area contributed by atoms with Gasteiger partial charge in [0.05, 0.1) is 6.61 Å². The molecule has 1 rings (SSSR count). The van der Waals surface area contributed by atoms with Crippen molar-refractivity contribution in [3.8, 4) is 0 Å². The van der Waals surface area contributed by atoms with Gasteiger partial charge in [-0.1, -0.05) is 12.1 Å². The molecule has 16 heavy (non-hydrogen) atoms. The first kappa shape index (κ1) is 13.1. The number of benzene rings is 1. The molecule has 0 atom stereocenters. The molecule has 1 amide bonds. The first-order chi connectivity index (χ1) is 7.76. The van der Waals surface area contributed by atoms with Crippen LogP contribution in [0.4, 0.5) is 0 Å². The minimum absolute atomic E-state index is 0.0849. The molecule has 0 bridgehead atoms. The maximum atomic E-state index is 11.0. The van der Waals surface area contributed by atoms with Crippen LogP contribution in [0.1, 0.15) is 18.4 Å². The fraction of sp³-hybridized carbons (Fsp3) is 0.417. The summed E-state index contributed by atoms with van der Waals surface area (Å²) in [5.74, 6) is 1.03. The Morgan fingerprint density at radius 3 is 2.62 bits per heavy atom. The van der Waals surface area contributed by atoms with Crippen LogP contribution >= 0.6 is 11.8 Å². The van der Waals surface area contributed by atoms with Crippen LogP contribution < -0.4 is 5.32 Å². The van der Waals surface area contributed by atoms with E-state index in [1.165, 1.54) is 4.90 Å². The lowest BCUT2D eigenvalue weighted by molar-refractivity contribution is -0.120. The Kier molecular flexibility index (Phi) is 5.96. The number of rotatable bonds is 6. The monoisotopic (exact) mass is 239 g/mol. The molecule has 88 valence electrons. The highest BCUT2D eigenvalue weighted by Gasteiger charge is 1.99. The van der Waals surface area contributed by atoms with Crippen molar-refractivity contribution in [3.05, 3.63) is 29.8 Å². The first-order valence-electron chi connectivity index (χ1n) is 5.29. The third-order valence-electron chi connectivity index (χ3n) is 2.20. The van der Waals surface area contributed by atoms with E-state index in [0.717, 1.165) is 17.7 Å². The molecule has 0 fully saturated rings. The van der Waals surface area contributed by atoms with E-state index in [2.05, 4.69) is 5.32 Å². The zero-order chi connectivity index (χ0) is 11.8. The van der Waals surface area contributed by atoms with Crippen LogP contribution in [-0.2, 0) is 11.4 Å². The van der Waals surface area contributed by atoms with Crippen LogP contribution in [0.3, 0.4) is 0 Å². The van der Waals surface area contributed by atoms with E-state index in [1.807, 2.05) is 24.3 Å². The summed E-state index contributed by atoms with van der Waals surface area (Å²) in [5.41, 5.74) is 0.926. The second kappa shape index (κ2) is 7.30. The first-order valence-corrected chi connectivity index (χ1v) is 6.28. The molecule has 0 saturated carbocycles. The molecule has 0 aliphatic carbocycles. The Morgan fingerprint density at radius 2 is 2.06 bits per heavy atom. The van der Waals surface area contributed by atoms with E-state index in [0.29, 0.717) is 6.42 Å². The molecule has 1 aromatic rings. The molecule has 0 spiro atoms. The summed E-state index contributed by atoms with van der Waals surface area (Å²) in [6, 6.07) is 7.83. The van der Waals surface area contributed by atoms with Crippen molar-refractivity contribution in [3.63, 3.8) is 0 Å². The highest BCUT2D eigenvalue weighted by atomic mass is 32.2. The van der Waals surface area contributed by atoms with Gasteiger partial charge in [-0.15, -0.1) is 11.8 Å². The van der Waals surface area contributed by atoms with Crippen LogP contribution in [0.5, 0.6) is 0 Å². The Hall–Kier alpha value is -1.00. The van der Waals surface area contributed by atoms with E-state index in [9.17, 15) is 4.79 Å². The lowest BCUT2D eigenvalue weighted by Crippen LogP contribution is -2.17. The van der Waals surface area contributed by atoms with Gasteiger partial charge in [0, 0.05) is 18.4 Å². The third-order valence-corrected chi connectivity index (χ3v) is 3.30. The summed E-state index contributed by atoms with van der Waals surface area (Å²) >= 11 is 1.73. The van der Waals surface area contributed by atoms with E-state index in [-0.39, 0.29) is 12.5 Å². The molecule has 2 N–H and O–H groups in total. The Morgan fingerprint density at radius 1 is 1.38 bits per heavy atom. The van der Waals surface area contributed by atoms with Gasteiger partial charge in [-0.2, -0.15) is 0 Å². The molecule has 3 nitrogen and oxygen atoms in total. The number of nitrogens with one attached hydrogen (secondary N) is 1. The van der Waals surface area contributed by atoms with Gasteiger partial charge in [0.15, 0.2) is 0 Å². The van der Waals surface area contributed by atoms with Gasteiger partial charge >= 0.3 is 0 Å². The number of hydrogen-bond acceptors (Lipinski definition) is 3. The lowest BCUT2D eigenvalue weighted by atomic mass is 10.2. The van der Waals surface area contributed by atoms with Crippen molar-refractivity contribution in [1.82, 2.24) is 5.32 Å². The molecular weight excluding hydrogens is 222 g/mol. The van der Waals surface area contributed by atoms with Gasteiger partial charge in [-0.3, -0.25) is 4.79 Å². The molecule has 0 unspecified atom stereocenters. The lowest BCUT2D eigenvalue weighted by Gasteiger charge is -2.02. The van der Waals surface area contributed by atoms with Crippen LogP contribution in [0.2, 0.25) is 0 Å². The number of aliphatic hydroxyl groups is 1. The molecule has 0 aromatic heterocycles. The normalized spacial score (nSPS) is 10.1. The SMILES string of the molecule is CNC(=O)CCCSc1ccc(CO)cc1. The number of aliphatic hydroxyl groups excluding tert-OH is 1. The smallest absolute Gasteiger partial charge is 0.219 e. The Balaban J connectivity index is 2.24. The minimum atomic E-state index is 0.0849. The average molecular weight is 239 g/mol. The summed E-state index contributed by atoms with van der Waals surface area (Å²) in [5, 5.41) is 11.5. The van der Waals surface area contributed by atoms with Crippen molar-refractivity contribution in [1.29, 1.82) is 0 Å². The molecule has 0 saturated heterocycles. The molecule has 0 aliphatic rings. The van der Waals surface area contributed by atoms with Gasteiger partial charge in [0.2, 0.25) is 5.91 Å². The molecule has 0 radical (unpaired) electrons. The molecule has 0 heterocycles. The van der Waals surface area contributed by atoms with Crippen molar-refractivity contribution >= 4 is 17.7 Å². The quantitative estimate of drug-likeness (QED) is 0.588. The van der Waals surface area contributed by atoms with Crippen molar-refractivity contribution in [2.24, 2.45) is 0 Å². The van der Waals surface area contributed by atoms with Gasteiger partial charge in [0.25, 0.3) is 0 Å². The summed E-state index contributed by atoms with van der Waals surface area (Å²) in [4.78, 5) is 12.1. The zero-order valence-electron chi connectivity index (χ0n) is 9.40. The van der Waals surface area contributed by atoms with Crippen LogP contribution in [0.15, 0.2) is 29.2 Å². The van der Waals surface area contributed by atoms with Gasteiger partial charge in [-0.25, -0.2) is 0 Å². The fourth-order valence-corrected chi connectivity index (χ4v) is 2.09. The van der Waals surface area contributed by atoms with E-state index >= 15 is 0 Å². The number of hydrogen-bond donors (Lipinski definition) is 2. The average Bonchev–Trinajstić information content (AvgIpc) is 2.35. The van der Waals surface area contributed by atoms with Gasteiger partial charge < -0.3 is 10.4 Å². The number of amides is 1. The Labute approximate surface area is 100 Å². The summed E-state index contributed by atoms with van der Waals surface area (Å²) in [7, 11) is 1.66. The fourth-order valence-electron chi connectivity index (χ4n) is 1.24. The van der Waals surface area contributed by atoms with E-state index in [1.54, 1.807) is 18.8 Å². The predicted molar refractivity (Wildman–Crippen MR) is 66.4 cm³/mol. The van der Waals surface area contributed by atoms with Crippen molar-refractivity contribution in [2.45, 2.75) is 24.3 Å². The second-order valence-corrected chi connectivity index (χ2v) is 4.60.